The number of halogens is 1. The Hall–Kier alpha value is -2.07. The van der Waals surface area contributed by atoms with E-state index in [4.69, 9.17) is 11.0 Å². The minimum Gasteiger partial charge on any atom is -0.382 e. The Bertz CT molecular complexity index is 580. The monoisotopic (exact) mass is 292 g/mol. The molecule has 86 valence electrons. The highest BCUT2D eigenvalue weighted by Gasteiger charge is 2.15. The number of pyridine rings is 1. The van der Waals surface area contributed by atoms with Crippen LogP contribution < -0.4 is 11.1 Å². The normalized spacial score (nSPS) is 9.94. The van der Waals surface area contributed by atoms with E-state index in [0.29, 0.717) is 17.2 Å². The number of anilines is 2. The molecule has 0 bridgehead atoms. The van der Waals surface area contributed by atoms with Crippen molar-refractivity contribution in [1.29, 1.82) is 5.26 Å². The molecular weight excluding hydrogens is 284 g/mol. The second-order valence-electron chi connectivity index (χ2n) is 3.22. The zero-order chi connectivity index (χ0) is 12.4. The quantitative estimate of drug-likeness (QED) is 0.875. The topological polar surface area (TPSA) is 92.6 Å². The number of nitrogens with zero attached hydrogens (tertiary/aromatic N) is 4. The molecule has 0 spiro atoms. The smallest absolute Gasteiger partial charge is 0.168 e. The summed E-state index contributed by atoms with van der Waals surface area (Å²) in [7, 11) is 1.68. The molecule has 3 N–H and O–H groups in total. The number of aromatic nitrogens is 3. The number of nitriles is 1. The van der Waals surface area contributed by atoms with E-state index in [1.165, 1.54) is 4.68 Å². The number of nitrogens with two attached hydrogens (primary N) is 1. The van der Waals surface area contributed by atoms with Crippen LogP contribution in [0.2, 0.25) is 0 Å². The highest BCUT2D eigenvalue weighted by atomic mass is 79.9. The van der Waals surface area contributed by atoms with E-state index in [9.17, 15) is 0 Å². The molecule has 2 aromatic rings. The van der Waals surface area contributed by atoms with Crippen LogP contribution in [0.5, 0.6) is 0 Å². The average molecular weight is 293 g/mol. The van der Waals surface area contributed by atoms with Crippen molar-refractivity contribution in [1.82, 2.24) is 14.8 Å². The highest BCUT2D eigenvalue weighted by Crippen LogP contribution is 2.23. The summed E-state index contributed by atoms with van der Waals surface area (Å²) < 4.78 is 2.29. The maximum absolute atomic E-state index is 8.98. The lowest BCUT2D eigenvalue weighted by atomic mass is 10.3. The van der Waals surface area contributed by atoms with Gasteiger partial charge in [-0.1, -0.05) is 0 Å². The molecule has 2 heterocycles. The van der Waals surface area contributed by atoms with Gasteiger partial charge in [-0.25, -0.2) is 4.98 Å². The first-order valence-corrected chi connectivity index (χ1v) is 5.55. The molecule has 0 aliphatic rings. The fourth-order valence-electron chi connectivity index (χ4n) is 1.38. The molecule has 6 nitrogen and oxygen atoms in total. The molecular formula is C10H9BrN6. The Morgan fingerprint density at radius 1 is 1.53 bits per heavy atom. The molecule has 0 aliphatic carbocycles. The maximum atomic E-state index is 8.98. The Morgan fingerprint density at radius 3 is 2.76 bits per heavy atom. The van der Waals surface area contributed by atoms with Crippen molar-refractivity contribution in [3.05, 3.63) is 28.4 Å². The standard InChI is InChI=1S/C10H9BrN6/c1-14-10-7(4-12)9(13)17(16-10)8-3-2-6(11)5-15-8/h2-3,5H,13H2,1H3,(H,14,16). The van der Waals surface area contributed by atoms with E-state index in [2.05, 4.69) is 31.3 Å². The van der Waals surface area contributed by atoms with Gasteiger partial charge >= 0.3 is 0 Å². The van der Waals surface area contributed by atoms with Crippen LogP contribution >= 0.6 is 15.9 Å². The molecule has 0 saturated carbocycles. The summed E-state index contributed by atoms with van der Waals surface area (Å²) in [6.45, 7) is 0. The summed E-state index contributed by atoms with van der Waals surface area (Å²) in [5.74, 6) is 1.27. The van der Waals surface area contributed by atoms with Gasteiger partial charge in [-0.15, -0.1) is 5.10 Å². The number of hydrogen-bond acceptors (Lipinski definition) is 5. The van der Waals surface area contributed by atoms with Crippen LogP contribution in [-0.2, 0) is 0 Å². The van der Waals surface area contributed by atoms with Gasteiger partial charge in [0.15, 0.2) is 11.6 Å². The molecule has 0 aliphatic heterocycles. The molecule has 2 rings (SSSR count). The first-order chi connectivity index (χ1) is 8.17. The predicted molar refractivity (Wildman–Crippen MR) is 67.7 cm³/mol. The first-order valence-electron chi connectivity index (χ1n) is 4.75. The number of hydrogen-bond donors (Lipinski definition) is 2. The van der Waals surface area contributed by atoms with Crippen LogP contribution in [-0.4, -0.2) is 21.8 Å². The van der Waals surface area contributed by atoms with Crippen LogP contribution in [0.4, 0.5) is 11.6 Å². The van der Waals surface area contributed by atoms with Crippen molar-refractivity contribution >= 4 is 27.6 Å². The summed E-state index contributed by atoms with van der Waals surface area (Å²) in [4.78, 5) is 4.17. The second kappa shape index (κ2) is 4.43. The van der Waals surface area contributed by atoms with E-state index in [0.717, 1.165) is 4.47 Å². The molecule has 17 heavy (non-hydrogen) atoms. The molecule has 2 aromatic heterocycles. The fourth-order valence-corrected chi connectivity index (χ4v) is 1.62. The Labute approximate surface area is 106 Å². The van der Waals surface area contributed by atoms with Crippen LogP contribution in [0.15, 0.2) is 22.8 Å². The van der Waals surface area contributed by atoms with Crippen molar-refractivity contribution in [3.8, 4) is 11.9 Å². The van der Waals surface area contributed by atoms with E-state index >= 15 is 0 Å². The maximum Gasteiger partial charge on any atom is 0.168 e. The van der Waals surface area contributed by atoms with Crippen LogP contribution in [0, 0.1) is 11.3 Å². The number of rotatable bonds is 2. The Kier molecular flexibility index (Phi) is 2.97. The third-order valence-corrected chi connectivity index (χ3v) is 2.67. The van der Waals surface area contributed by atoms with Gasteiger partial charge < -0.3 is 11.1 Å². The average Bonchev–Trinajstić information content (AvgIpc) is 2.66. The lowest BCUT2D eigenvalue weighted by Gasteiger charge is -2.01. The molecule has 0 aromatic carbocycles. The van der Waals surface area contributed by atoms with Gasteiger partial charge in [0.2, 0.25) is 0 Å². The summed E-state index contributed by atoms with van der Waals surface area (Å²) in [6, 6.07) is 5.59. The molecule has 0 amide bonds. The zero-order valence-corrected chi connectivity index (χ0v) is 10.6. The van der Waals surface area contributed by atoms with Gasteiger partial charge in [-0.2, -0.15) is 9.94 Å². The first kappa shape index (κ1) is 11.4. The van der Waals surface area contributed by atoms with Crippen molar-refractivity contribution in [2.75, 3.05) is 18.1 Å². The molecule has 0 unspecified atom stereocenters. The van der Waals surface area contributed by atoms with Gasteiger partial charge in [-0.05, 0) is 28.1 Å². The third-order valence-electron chi connectivity index (χ3n) is 2.20. The molecule has 0 radical (unpaired) electrons. The Morgan fingerprint density at radius 2 is 2.29 bits per heavy atom. The largest absolute Gasteiger partial charge is 0.382 e. The van der Waals surface area contributed by atoms with Crippen molar-refractivity contribution < 1.29 is 0 Å². The van der Waals surface area contributed by atoms with Gasteiger partial charge in [0, 0.05) is 17.7 Å². The van der Waals surface area contributed by atoms with Crippen LogP contribution in [0.3, 0.4) is 0 Å². The van der Waals surface area contributed by atoms with Gasteiger partial charge in [0.05, 0.1) is 0 Å². The van der Waals surface area contributed by atoms with E-state index in [1.807, 2.05) is 12.1 Å². The van der Waals surface area contributed by atoms with Crippen molar-refractivity contribution in [3.63, 3.8) is 0 Å². The lowest BCUT2D eigenvalue weighted by molar-refractivity contribution is 0.858. The number of nitrogens with one attached hydrogen (secondary N) is 1. The number of nitrogen functional groups attached to an aromatic ring is 1. The minimum absolute atomic E-state index is 0.270. The molecule has 7 heteroatoms. The lowest BCUT2D eigenvalue weighted by Crippen LogP contribution is -2.04. The summed E-state index contributed by atoms with van der Waals surface area (Å²) in [5.41, 5.74) is 6.16. The summed E-state index contributed by atoms with van der Waals surface area (Å²) in [6.07, 6.45) is 1.64. The molecule has 0 fully saturated rings. The highest BCUT2D eigenvalue weighted by molar-refractivity contribution is 9.10. The summed E-state index contributed by atoms with van der Waals surface area (Å²) >= 11 is 3.30. The van der Waals surface area contributed by atoms with Crippen molar-refractivity contribution in [2.45, 2.75) is 0 Å². The summed E-state index contributed by atoms with van der Waals surface area (Å²) in [5, 5.41) is 16.0. The van der Waals surface area contributed by atoms with Gasteiger partial charge in [0.1, 0.15) is 17.5 Å². The molecule has 0 saturated heterocycles. The zero-order valence-electron chi connectivity index (χ0n) is 8.98. The molecule has 0 atom stereocenters. The van der Waals surface area contributed by atoms with E-state index in [-0.39, 0.29) is 5.82 Å². The van der Waals surface area contributed by atoms with Crippen molar-refractivity contribution in [2.24, 2.45) is 0 Å². The SMILES string of the molecule is CNc1nn(-c2ccc(Br)cn2)c(N)c1C#N. The second-order valence-corrected chi connectivity index (χ2v) is 4.13. The predicted octanol–water partition coefficient (Wildman–Crippen LogP) is 1.53. The van der Waals surface area contributed by atoms with E-state index in [1.54, 1.807) is 19.3 Å². The van der Waals surface area contributed by atoms with Crippen LogP contribution in [0.1, 0.15) is 5.56 Å². The third kappa shape index (κ3) is 1.94. The van der Waals surface area contributed by atoms with Crippen LogP contribution in [0.25, 0.3) is 5.82 Å². The minimum atomic E-state index is 0.270. The fraction of sp³-hybridized carbons (Fsp3) is 0.100. The van der Waals surface area contributed by atoms with Gasteiger partial charge in [-0.3, -0.25) is 0 Å². The van der Waals surface area contributed by atoms with E-state index < -0.39 is 0 Å². The van der Waals surface area contributed by atoms with Gasteiger partial charge in [0.25, 0.3) is 0 Å². The Balaban J connectivity index is 2.57.